The first kappa shape index (κ1) is 31.4. The van der Waals surface area contributed by atoms with Crippen molar-refractivity contribution in [2.24, 2.45) is 11.3 Å². The smallest absolute Gasteiger partial charge is 0.407 e. The van der Waals surface area contributed by atoms with Gasteiger partial charge in [0.2, 0.25) is 0 Å². The largest absolute Gasteiger partial charge is 0.478 e. The number of fused-ring (bicyclic) bond motifs is 1. The zero-order valence-electron chi connectivity index (χ0n) is 24.4. The molecule has 0 saturated heterocycles. The number of amides is 2. The summed E-state index contributed by atoms with van der Waals surface area (Å²) in [7, 11) is 0. The predicted molar refractivity (Wildman–Crippen MR) is 152 cm³/mol. The second-order valence-corrected chi connectivity index (χ2v) is 11.7. The summed E-state index contributed by atoms with van der Waals surface area (Å²) < 4.78 is 21.8. The van der Waals surface area contributed by atoms with E-state index >= 15 is 0 Å². The zero-order chi connectivity index (χ0) is 30.0. The molecule has 10 heteroatoms. The normalized spacial score (nSPS) is 15.2. The van der Waals surface area contributed by atoms with Gasteiger partial charge in [0.1, 0.15) is 18.4 Å². The molecule has 1 heterocycles. The van der Waals surface area contributed by atoms with E-state index in [0.29, 0.717) is 17.0 Å². The van der Waals surface area contributed by atoms with Gasteiger partial charge in [-0.1, -0.05) is 71.0 Å². The lowest BCUT2D eigenvalue weighted by Gasteiger charge is -2.26. The number of hydrogen-bond donors (Lipinski definition) is 2. The molecule has 0 spiro atoms. The number of carbonyl (C=O) groups is 4. The third kappa shape index (κ3) is 10.8. The van der Waals surface area contributed by atoms with Crippen molar-refractivity contribution in [3.05, 3.63) is 59.7 Å². The lowest BCUT2D eigenvalue weighted by Crippen LogP contribution is -2.44. The van der Waals surface area contributed by atoms with E-state index in [9.17, 15) is 19.2 Å². The van der Waals surface area contributed by atoms with Crippen LogP contribution in [0.3, 0.4) is 0 Å². The molecule has 0 aromatic heterocycles. The van der Waals surface area contributed by atoms with Crippen molar-refractivity contribution in [1.29, 1.82) is 0 Å². The number of rotatable bonds is 12. The summed E-state index contributed by atoms with van der Waals surface area (Å²) in [5.74, 6) is -0.823. The highest BCUT2D eigenvalue weighted by molar-refractivity contribution is 5.98. The van der Waals surface area contributed by atoms with E-state index in [-0.39, 0.29) is 56.3 Å². The molecule has 0 radical (unpaired) electrons. The topological polar surface area (TPSA) is 129 Å². The average molecular weight is 569 g/mol. The minimum absolute atomic E-state index is 0.0233. The van der Waals surface area contributed by atoms with E-state index < -0.39 is 30.2 Å². The standard InChI is InChI=1S/C31H40N2O8/c1-20(2)17-39-29(36)24(33-30(37)40-19-31(3,4)5)16-22-11-12-25-23(15-22)32-28(35)26(41-25)13-14-27(34)38-18-21-9-7-6-8-10-21/h6-12,15,20,24,26H,13-14,16-19H2,1-5H3,(H,32,35)(H,33,37)/t24-,26+/m0/s1. The molecule has 1 aliphatic heterocycles. The minimum atomic E-state index is -0.992. The lowest BCUT2D eigenvalue weighted by atomic mass is 9.99. The van der Waals surface area contributed by atoms with E-state index in [1.165, 1.54) is 0 Å². The van der Waals surface area contributed by atoms with Crippen molar-refractivity contribution in [2.75, 3.05) is 18.5 Å². The Hall–Kier alpha value is -4.08. The first-order chi connectivity index (χ1) is 19.4. The summed E-state index contributed by atoms with van der Waals surface area (Å²) >= 11 is 0. The Morgan fingerprint density at radius 3 is 2.41 bits per heavy atom. The second-order valence-electron chi connectivity index (χ2n) is 11.7. The van der Waals surface area contributed by atoms with Gasteiger partial charge in [-0.25, -0.2) is 9.59 Å². The Balaban J connectivity index is 1.59. The van der Waals surface area contributed by atoms with Crippen LogP contribution in [0.5, 0.6) is 5.75 Å². The summed E-state index contributed by atoms with van der Waals surface area (Å²) in [5, 5.41) is 5.42. The van der Waals surface area contributed by atoms with Crippen LogP contribution in [0.1, 0.15) is 58.6 Å². The number of hydrogen-bond acceptors (Lipinski definition) is 8. The maximum Gasteiger partial charge on any atom is 0.407 e. The third-order valence-electron chi connectivity index (χ3n) is 5.93. The van der Waals surface area contributed by atoms with Gasteiger partial charge in [0.25, 0.3) is 5.91 Å². The third-order valence-corrected chi connectivity index (χ3v) is 5.93. The molecule has 2 aromatic carbocycles. The summed E-state index contributed by atoms with van der Waals surface area (Å²) in [4.78, 5) is 50.1. The van der Waals surface area contributed by atoms with Gasteiger partial charge in [-0.05, 0) is 34.6 Å². The Bertz CT molecular complexity index is 1210. The van der Waals surface area contributed by atoms with Gasteiger partial charge in [-0.2, -0.15) is 0 Å². The Morgan fingerprint density at radius 2 is 1.73 bits per heavy atom. The van der Waals surface area contributed by atoms with Crippen molar-refractivity contribution in [2.45, 2.75) is 72.6 Å². The van der Waals surface area contributed by atoms with Crippen LogP contribution in [0.2, 0.25) is 0 Å². The lowest BCUT2D eigenvalue weighted by molar-refractivity contribution is -0.147. The summed E-state index contributed by atoms with van der Waals surface area (Å²) in [6.45, 7) is 10.2. The van der Waals surface area contributed by atoms with Crippen molar-refractivity contribution in [1.82, 2.24) is 5.32 Å². The number of anilines is 1. The summed E-state index contributed by atoms with van der Waals surface area (Å²) in [6.07, 6.45) is -1.27. The van der Waals surface area contributed by atoms with Crippen molar-refractivity contribution < 1.29 is 38.1 Å². The van der Waals surface area contributed by atoms with E-state index in [1.807, 2.05) is 65.0 Å². The van der Waals surface area contributed by atoms with Crippen LogP contribution >= 0.6 is 0 Å². The Labute approximate surface area is 241 Å². The molecule has 2 N–H and O–H groups in total. The molecular formula is C31H40N2O8. The van der Waals surface area contributed by atoms with E-state index in [2.05, 4.69) is 10.6 Å². The van der Waals surface area contributed by atoms with Gasteiger partial charge in [-0.3, -0.25) is 9.59 Å². The molecule has 0 fully saturated rings. The van der Waals surface area contributed by atoms with Crippen molar-refractivity contribution in [3.63, 3.8) is 0 Å². The fourth-order valence-electron chi connectivity index (χ4n) is 3.82. The second kappa shape index (κ2) is 14.5. The van der Waals surface area contributed by atoms with Gasteiger partial charge < -0.3 is 29.6 Å². The van der Waals surface area contributed by atoms with Gasteiger partial charge in [0.05, 0.1) is 18.9 Å². The van der Waals surface area contributed by atoms with Crippen LogP contribution in [0, 0.1) is 11.3 Å². The maximum absolute atomic E-state index is 12.8. The number of carbonyl (C=O) groups excluding carboxylic acids is 4. The van der Waals surface area contributed by atoms with Crippen LogP contribution in [0.25, 0.3) is 0 Å². The number of esters is 2. The highest BCUT2D eigenvalue weighted by atomic mass is 16.6. The molecule has 222 valence electrons. The zero-order valence-corrected chi connectivity index (χ0v) is 24.4. The molecule has 2 atom stereocenters. The Kier molecular flexibility index (Phi) is 11.1. The molecule has 0 unspecified atom stereocenters. The van der Waals surface area contributed by atoms with Gasteiger partial charge >= 0.3 is 18.0 Å². The molecular weight excluding hydrogens is 528 g/mol. The molecule has 2 aromatic rings. The average Bonchev–Trinajstić information content (AvgIpc) is 2.92. The molecule has 1 aliphatic rings. The summed E-state index contributed by atoms with van der Waals surface area (Å²) in [6, 6.07) is 13.5. The highest BCUT2D eigenvalue weighted by Crippen LogP contribution is 2.32. The number of ether oxygens (including phenoxy) is 4. The van der Waals surface area contributed by atoms with E-state index in [1.54, 1.807) is 18.2 Å². The van der Waals surface area contributed by atoms with Crippen LogP contribution in [-0.2, 0) is 41.6 Å². The predicted octanol–water partition coefficient (Wildman–Crippen LogP) is 4.79. The minimum Gasteiger partial charge on any atom is -0.478 e. The molecule has 2 amide bonds. The highest BCUT2D eigenvalue weighted by Gasteiger charge is 2.30. The summed E-state index contributed by atoms with van der Waals surface area (Å²) in [5.41, 5.74) is 1.74. The van der Waals surface area contributed by atoms with E-state index in [4.69, 9.17) is 18.9 Å². The quantitative estimate of drug-likeness (QED) is 0.276. The van der Waals surface area contributed by atoms with Crippen LogP contribution in [0.4, 0.5) is 10.5 Å². The fourth-order valence-corrected chi connectivity index (χ4v) is 3.82. The molecule has 3 rings (SSSR count). The maximum atomic E-state index is 12.8. The first-order valence-corrected chi connectivity index (χ1v) is 13.8. The fraction of sp³-hybridized carbons (Fsp3) is 0.484. The van der Waals surface area contributed by atoms with Gasteiger partial charge in [0.15, 0.2) is 6.10 Å². The van der Waals surface area contributed by atoms with Crippen molar-refractivity contribution in [3.8, 4) is 5.75 Å². The SMILES string of the molecule is CC(C)COC(=O)[C@H](Cc1ccc2c(c1)NC(=O)[C@@H](CCC(=O)OCc1ccccc1)O2)NC(=O)OCC(C)(C)C. The number of benzene rings is 2. The van der Waals surface area contributed by atoms with E-state index in [0.717, 1.165) is 5.56 Å². The molecule has 0 bridgehead atoms. The monoisotopic (exact) mass is 568 g/mol. The molecule has 41 heavy (non-hydrogen) atoms. The number of nitrogens with one attached hydrogen (secondary N) is 2. The first-order valence-electron chi connectivity index (χ1n) is 13.8. The van der Waals surface area contributed by atoms with Crippen molar-refractivity contribution >= 4 is 29.6 Å². The van der Waals surface area contributed by atoms with Gasteiger partial charge in [-0.15, -0.1) is 0 Å². The molecule has 0 aliphatic carbocycles. The molecule has 0 saturated carbocycles. The van der Waals surface area contributed by atoms with Crippen LogP contribution < -0.4 is 15.4 Å². The van der Waals surface area contributed by atoms with Crippen LogP contribution in [-0.4, -0.2) is 49.3 Å². The van der Waals surface area contributed by atoms with Gasteiger partial charge in [0, 0.05) is 19.3 Å². The molecule has 10 nitrogen and oxygen atoms in total. The Morgan fingerprint density at radius 1 is 1.00 bits per heavy atom. The van der Waals surface area contributed by atoms with Crippen LogP contribution in [0.15, 0.2) is 48.5 Å². The number of alkyl carbamates (subject to hydrolysis) is 1.